The number of azo groups is 1. The van der Waals surface area contributed by atoms with Crippen LogP contribution in [0.1, 0.15) is 25.8 Å². The SMILES string of the molecule is COC(=O)C(Cl)N=Nc1cccc(COCCC(C)C)c1. The van der Waals surface area contributed by atoms with Gasteiger partial charge in [0.25, 0.3) is 0 Å². The van der Waals surface area contributed by atoms with Crippen LogP contribution in [0, 0.1) is 5.92 Å². The first-order chi connectivity index (χ1) is 10.0. The van der Waals surface area contributed by atoms with Gasteiger partial charge in [-0.3, -0.25) is 0 Å². The van der Waals surface area contributed by atoms with Gasteiger partial charge in [0.2, 0.25) is 5.50 Å². The lowest BCUT2D eigenvalue weighted by atomic mass is 10.1. The molecule has 0 aromatic heterocycles. The number of ether oxygens (including phenoxy) is 2. The first kappa shape index (κ1) is 17.6. The summed E-state index contributed by atoms with van der Waals surface area (Å²) in [6, 6.07) is 7.44. The van der Waals surface area contributed by atoms with E-state index in [1.54, 1.807) is 6.07 Å². The van der Waals surface area contributed by atoms with E-state index >= 15 is 0 Å². The second-order valence-corrected chi connectivity index (χ2v) is 5.39. The van der Waals surface area contributed by atoms with E-state index in [9.17, 15) is 4.79 Å². The molecule has 5 nitrogen and oxygen atoms in total. The van der Waals surface area contributed by atoms with Gasteiger partial charge in [-0.15, -0.1) is 0 Å². The summed E-state index contributed by atoms with van der Waals surface area (Å²) in [5.41, 5.74) is 0.495. The normalized spacial score (nSPS) is 12.8. The van der Waals surface area contributed by atoms with Gasteiger partial charge in [0, 0.05) is 6.61 Å². The zero-order valence-corrected chi connectivity index (χ0v) is 13.3. The number of rotatable bonds is 8. The van der Waals surface area contributed by atoms with Gasteiger partial charge in [0.05, 0.1) is 19.4 Å². The zero-order chi connectivity index (χ0) is 15.7. The minimum absolute atomic E-state index is 0.525. The first-order valence-electron chi connectivity index (χ1n) is 6.82. The van der Waals surface area contributed by atoms with Gasteiger partial charge in [-0.05, 0) is 30.0 Å². The number of carbonyl (C=O) groups excluding carboxylic acids is 1. The van der Waals surface area contributed by atoms with E-state index in [0.717, 1.165) is 18.6 Å². The molecule has 0 aliphatic carbocycles. The lowest BCUT2D eigenvalue weighted by molar-refractivity contribution is -0.140. The predicted molar refractivity (Wildman–Crippen MR) is 81.7 cm³/mol. The second kappa shape index (κ2) is 9.47. The van der Waals surface area contributed by atoms with Crippen molar-refractivity contribution in [1.82, 2.24) is 0 Å². The molecular formula is C15H21ClN2O3. The summed E-state index contributed by atoms with van der Waals surface area (Å²) >= 11 is 5.69. The van der Waals surface area contributed by atoms with Crippen LogP contribution in [-0.2, 0) is 20.9 Å². The van der Waals surface area contributed by atoms with E-state index in [2.05, 4.69) is 28.8 Å². The zero-order valence-electron chi connectivity index (χ0n) is 12.6. The third kappa shape index (κ3) is 7.20. The van der Waals surface area contributed by atoms with Crippen LogP contribution < -0.4 is 0 Å². The van der Waals surface area contributed by atoms with Crippen LogP contribution in [0.3, 0.4) is 0 Å². The summed E-state index contributed by atoms with van der Waals surface area (Å²) in [6.45, 7) is 5.58. The lowest BCUT2D eigenvalue weighted by Gasteiger charge is -2.07. The summed E-state index contributed by atoms with van der Waals surface area (Å²) in [5.74, 6) is -0.00213. The highest BCUT2D eigenvalue weighted by Crippen LogP contribution is 2.17. The summed E-state index contributed by atoms with van der Waals surface area (Å²) in [4.78, 5) is 11.1. The molecule has 0 radical (unpaired) electrons. The molecule has 0 fully saturated rings. The number of carbonyl (C=O) groups is 1. The Bertz CT molecular complexity index is 478. The Balaban J connectivity index is 2.52. The molecule has 0 bridgehead atoms. The highest BCUT2D eigenvalue weighted by atomic mass is 35.5. The van der Waals surface area contributed by atoms with Crippen LogP contribution in [0.15, 0.2) is 34.5 Å². The number of alkyl halides is 1. The molecule has 0 heterocycles. The summed E-state index contributed by atoms with van der Waals surface area (Å²) in [5, 5.41) is 7.63. The van der Waals surface area contributed by atoms with Crippen molar-refractivity contribution < 1.29 is 14.3 Å². The Kier molecular flexibility index (Phi) is 7.93. The summed E-state index contributed by atoms with van der Waals surface area (Å²) in [7, 11) is 1.25. The molecule has 1 atom stereocenters. The Morgan fingerprint density at radius 3 is 2.81 bits per heavy atom. The molecule has 1 aromatic carbocycles. The Morgan fingerprint density at radius 2 is 2.14 bits per heavy atom. The second-order valence-electron chi connectivity index (χ2n) is 4.98. The van der Waals surface area contributed by atoms with Gasteiger partial charge >= 0.3 is 5.97 Å². The third-order valence-electron chi connectivity index (χ3n) is 2.69. The van der Waals surface area contributed by atoms with Gasteiger partial charge in [-0.2, -0.15) is 10.2 Å². The molecule has 6 heteroatoms. The number of methoxy groups -OCH3 is 1. The topological polar surface area (TPSA) is 60.2 Å². The monoisotopic (exact) mass is 312 g/mol. The van der Waals surface area contributed by atoms with Crippen molar-refractivity contribution in [1.29, 1.82) is 0 Å². The number of hydrogen-bond acceptors (Lipinski definition) is 5. The molecule has 1 rings (SSSR count). The van der Waals surface area contributed by atoms with Crippen molar-refractivity contribution in [3.63, 3.8) is 0 Å². The molecule has 0 N–H and O–H groups in total. The van der Waals surface area contributed by atoms with Crippen LogP contribution in [0.5, 0.6) is 0 Å². The maximum absolute atomic E-state index is 11.1. The quantitative estimate of drug-likeness (QED) is 0.239. The molecule has 0 saturated heterocycles. The molecular weight excluding hydrogens is 292 g/mol. The van der Waals surface area contributed by atoms with Crippen molar-refractivity contribution in [2.24, 2.45) is 16.1 Å². The highest BCUT2D eigenvalue weighted by molar-refractivity contribution is 6.29. The maximum atomic E-state index is 11.1. The van der Waals surface area contributed by atoms with Crippen molar-refractivity contribution in [2.45, 2.75) is 32.4 Å². The molecule has 116 valence electrons. The van der Waals surface area contributed by atoms with E-state index < -0.39 is 11.5 Å². The Hall–Kier alpha value is -1.46. The Morgan fingerprint density at radius 1 is 1.38 bits per heavy atom. The molecule has 1 aromatic rings. The molecule has 0 aliphatic heterocycles. The number of hydrogen-bond donors (Lipinski definition) is 0. The molecule has 0 amide bonds. The van der Waals surface area contributed by atoms with Gasteiger partial charge in [-0.25, -0.2) is 4.79 Å². The van der Waals surface area contributed by atoms with Crippen LogP contribution in [0.25, 0.3) is 0 Å². The molecule has 0 saturated carbocycles. The van der Waals surface area contributed by atoms with Crippen LogP contribution in [0.2, 0.25) is 0 Å². The van der Waals surface area contributed by atoms with Crippen molar-refractivity contribution in [2.75, 3.05) is 13.7 Å². The standard InChI is InChI=1S/C15H21ClN2O3/c1-11(2)7-8-21-10-12-5-4-6-13(9-12)17-18-14(16)15(19)20-3/h4-6,9,11,14H,7-8,10H2,1-3H3. The molecule has 0 spiro atoms. The van der Waals surface area contributed by atoms with Crippen LogP contribution in [0.4, 0.5) is 5.69 Å². The summed E-state index contributed by atoms with van der Waals surface area (Å²) in [6.07, 6.45) is 1.03. The fourth-order valence-electron chi connectivity index (χ4n) is 1.48. The van der Waals surface area contributed by atoms with E-state index in [1.165, 1.54) is 7.11 Å². The third-order valence-corrected chi connectivity index (χ3v) is 2.95. The first-order valence-corrected chi connectivity index (χ1v) is 7.26. The van der Waals surface area contributed by atoms with E-state index in [4.69, 9.17) is 16.3 Å². The maximum Gasteiger partial charge on any atom is 0.348 e. The van der Waals surface area contributed by atoms with Crippen molar-refractivity contribution in [3.8, 4) is 0 Å². The van der Waals surface area contributed by atoms with Crippen LogP contribution in [-0.4, -0.2) is 25.2 Å². The minimum Gasteiger partial charge on any atom is -0.466 e. The fourth-order valence-corrected chi connectivity index (χ4v) is 1.61. The summed E-state index contributed by atoms with van der Waals surface area (Å²) < 4.78 is 10.1. The minimum atomic E-state index is -1.12. The smallest absolute Gasteiger partial charge is 0.348 e. The van der Waals surface area contributed by atoms with Gasteiger partial charge in [0.15, 0.2) is 0 Å². The number of halogens is 1. The molecule has 0 aliphatic rings. The highest BCUT2D eigenvalue weighted by Gasteiger charge is 2.13. The van der Waals surface area contributed by atoms with Crippen molar-refractivity contribution in [3.05, 3.63) is 29.8 Å². The van der Waals surface area contributed by atoms with Crippen molar-refractivity contribution >= 4 is 23.3 Å². The largest absolute Gasteiger partial charge is 0.466 e. The number of nitrogens with zero attached hydrogens (tertiary/aromatic N) is 2. The molecule has 1 unspecified atom stereocenters. The van der Waals surface area contributed by atoms with Gasteiger partial charge in [-0.1, -0.05) is 37.6 Å². The van der Waals surface area contributed by atoms with E-state index in [1.807, 2.05) is 18.2 Å². The van der Waals surface area contributed by atoms with Gasteiger partial charge in [0.1, 0.15) is 0 Å². The average Bonchev–Trinajstić information content (AvgIpc) is 2.48. The predicted octanol–water partition coefficient (Wildman–Crippen LogP) is 4.07. The molecule has 21 heavy (non-hydrogen) atoms. The van der Waals surface area contributed by atoms with Gasteiger partial charge < -0.3 is 9.47 Å². The Labute approximate surface area is 130 Å². The van der Waals surface area contributed by atoms with Crippen LogP contribution >= 0.6 is 11.6 Å². The number of benzene rings is 1. The number of esters is 1. The fraction of sp³-hybridized carbons (Fsp3) is 0.533. The van der Waals surface area contributed by atoms with E-state index in [-0.39, 0.29) is 0 Å². The average molecular weight is 313 g/mol. The van der Waals surface area contributed by atoms with E-state index in [0.29, 0.717) is 18.2 Å². The lowest BCUT2D eigenvalue weighted by Crippen LogP contribution is -2.12.